The van der Waals surface area contributed by atoms with Crippen molar-refractivity contribution in [1.82, 2.24) is 15.0 Å². The molecule has 0 spiro atoms. The highest BCUT2D eigenvalue weighted by atomic mass is 16.5. The zero-order valence-corrected chi connectivity index (χ0v) is 18.7. The highest BCUT2D eigenvalue weighted by Crippen LogP contribution is 2.43. The number of oxime groups is 1. The number of rotatable bonds is 6. The maximum Gasteiger partial charge on any atom is 0.160 e. The molecule has 1 aromatic heterocycles. The molecule has 3 N–H and O–H groups in total. The Balaban J connectivity index is 1.37. The van der Waals surface area contributed by atoms with Crippen molar-refractivity contribution in [2.75, 3.05) is 7.11 Å². The number of fused-ring (bicyclic) bond motifs is 1. The molecule has 0 bridgehead atoms. The van der Waals surface area contributed by atoms with Crippen molar-refractivity contribution in [3.05, 3.63) is 83.7 Å². The van der Waals surface area contributed by atoms with Gasteiger partial charge in [-0.3, -0.25) is 0 Å². The van der Waals surface area contributed by atoms with E-state index in [2.05, 4.69) is 15.5 Å². The largest absolute Gasteiger partial charge is 0.507 e. The number of phenolic OH excluding ortho intramolecular Hbond substituents is 2. The number of nitrogens with zero attached hydrogens (tertiary/aromatic N) is 4. The number of hydrogen-bond donors (Lipinski definition) is 3. The molecular weight excluding hydrogens is 452 g/mol. The van der Waals surface area contributed by atoms with Crippen molar-refractivity contribution in [2.24, 2.45) is 5.16 Å². The van der Waals surface area contributed by atoms with Gasteiger partial charge in [-0.25, -0.2) is 4.68 Å². The predicted octanol–water partition coefficient (Wildman–Crippen LogP) is 3.97. The molecule has 5 rings (SSSR count). The van der Waals surface area contributed by atoms with E-state index in [9.17, 15) is 15.4 Å². The fourth-order valence-corrected chi connectivity index (χ4v) is 3.93. The monoisotopic (exact) mass is 474 g/mol. The molecule has 0 unspecified atom stereocenters. The highest BCUT2D eigenvalue weighted by Gasteiger charge is 2.30. The average molecular weight is 474 g/mol. The van der Waals surface area contributed by atoms with E-state index >= 15 is 0 Å². The molecule has 0 aliphatic carbocycles. The van der Waals surface area contributed by atoms with Crippen LogP contribution in [0.15, 0.2) is 72.0 Å². The first-order valence-corrected chi connectivity index (χ1v) is 10.8. The number of ether oxygens (including phenoxy) is 3. The summed E-state index contributed by atoms with van der Waals surface area (Å²) < 4.78 is 18.7. The van der Waals surface area contributed by atoms with Crippen LogP contribution in [0.25, 0.3) is 5.69 Å². The SMILES string of the molecule is COc1ccc([C@@H]2C/C(=N\O)c3c(O)cc(OCc4cn(-c5ccccc5)nn4)cc3O2)cc1O. The van der Waals surface area contributed by atoms with Gasteiger partial charge in [-0.05, 0) is 29.8 Å². The number of methoxy groups -OCH3 is 1. The molecule has 3 aromatic carbocycles. The van der Waals surface area contributed by atoms with Crippen molar-refractivity contribution in [3.8, 4) is 34.4 Å². The average Bonchev–Trinajstić information content (AvgIpc) is 3.36. The van der Waals surface area contributed by atoms with Gasteiger partial charge in [-0.2, -0.15) is 0 Å². The first kappa shape index (κ1) is 22.1. The van der Waals surface area contributed by atoms with Crippen molar-refractivity contribution in [3.63, 3.8) is 0 Å². The molecule has 0 fully saturated rings. The maximum absolute atomic E-state index is 10.6. The first-order chi connectivity index (χ1) is 17.1. The van der Waals surface area contributed by atoms with Crippen LogP contribution < -0.4 is 14.2 Å². The second kappa shape index (κ2) is 9.26. The summed E-state index contributed by atoms with van der Waals surface area (Å²) in [7, 11) is 1.46. The van der Waals surface area contributed by atoms with Crippen LogP contribution in [0.2, 0.25) is 0 Å². The molecule has 10 nitrogen and oxygen atoms in total. The summed E-state index contributed by atoms with van der Waals surface area (Å²) in [4.78, 5) is 0. The van der Waals surface area contributed by atoms with Gasteiger partial charge >= 0.3 is 0 Å². The number of aromatic hydroxyl groups is 2. The summed E-state index contributed by atoms with van der Waals surface area (Å²) in [5, 5.41) is 41.9. The van der Waals surface area contributed by atoms with Crippen molar-refractivity contribution in [2.45, 2.75) is 19.1 Å². The second-order valence-corrected chi connectivity index (χ2v) is 7.88. The quantitative estimate of drug-likeness (QED) is 0.283. The zero-order valence-electron chi connectivity index (χ0n) is 18.7. The van der Waals surface area contributed by atoms with Gasteiger partial charge in [-0.15, -0.1) is 5.10 Å². The van der Waals surface area contributed by atoms with E-state index in [-0.39, 0.29) is 41.6 Å². The van der Waals surface area contributed by atoms with Gasteiger partial charge in [-0.1, -0.05) is 34.6 Å². The third-order valence-corrected chi connectivity index (χ3v) is 5.64. The van der Waals surface area contributed by atoms with Crippen molar-refractivity contribution < 1.29 is 29.6 Å². The van der Waals surface area contributed by atoms with E-state index in [0.717, 1.165) is 5.69 Å². The molecule has 10 heteroatoms. The lowest BCUT2D eigenvalue weighted by atomic mass is 9.94. The van der Waals surface area contributed by atoms with Crippen LogP contribution in [-0.4, -0.2) is 43.2 Å². The summed E-state index contributed by atoms with van der Waals surface area (Å²) in [6.45, 7) is 0.113. The number of phenols is 2. The Bertz CT molecular complexity index is 1390. The Kier molecular flexibility index (Phi) is 5.84. The van der Waals surface area contributed by atoms with Crippen LogP contribution in [0.4, 0.5) is 0 Å². The minimum atomic E-state index is -0.564. The summed E-state index contributed by atoms with van der Waals surface area (Å²) in [6.07, 6.45) is 1.38. The molecule has 178 valence electrons. The van der Waals surface area contributed by atoms with Gasteiger partial charge in [0.05, 0.1) is 30.3 Å². The Labute approximate surface area is 200 Å². The smallest absolute Gasteiger partial charge is 0.160 e. The van der Waals surface area contributed by atoms with Gasteiger partial charge in [0.25, 0.3) is 0 Å². The predicted molar refractivity (Wildman–Crippen MR) is 125 cm³/mol. The summed E-state index contributed by atoms with van der Waals surface area (Å²) >= 11 is 0. The van der Waals surface area contributed by atoms with E-state index in [1.54, 1.807) is 29.1 Å². The standard InChI is InChI=1S/C25H22N4O6/c1-33-22-8-7-15(9-20(22)30)23-12-19(27-32)25-21(31)10-18(11-24(25)35-23)34-14-16-13-29(28-26-16)17-5-3-2-4-6-17/h2-11,13,23,30-32H,12,14H2,1H3/b27-19+/t23-/m0/s1. The molecule has 0 saturated heterocycles. The molecular formula is C25H22N4O6. The van der Waals surface area contributed by atoms with E-state index in [1.165, 1.54) is 19.2 Å². The molecule has 1 aliphatic rings. The number of para-hydroxylation sites is 1. The highest BCUT2D eigenvalue weighted by molar-refractivity contribution is 6.06. The Morgan fingerprint density at radius 1 is 1.09 bits per heavy atom. The number of hydrogen-bond acceptors (Lipinski definition) is 9. The van der Waals surface area contributed by atoms with Gasteiger partial charge in [0, 0.05) is 18.6 Å². The van der Waals surface area contributed by atoms with Crippen LogP contribution in [0.3, 0.4) is 0 Å². The molecule has 1 aliphatic heterocycles. The van der Waals surface area contributed by atoms with Gasteiger partial charge in [0.2, 0.25) is 0 Å². The summed E-state index contributed by atoms with van der Waals surface area (Å²) in [5.41, 5.74) is 2.65. The lowest BCUT2D eigenvalue weighted by molar-refractivity contribution is 0.199. The molecule has 0 amide bonds. The lowest BCUT2D eigenvalue weighted by Gasteiger charge is -2.28. The van der Waals surface area contributed by atoms with E-state index in [4.69, 9.17) is 14.2 Å². The third-order valence-electron chi connectivity index (χ3n) is 5.64. The van der Waals surface area contributed by atoms with Gasteiger partial charge in [0.15, 0.2) is 11.5 Å². The van der Waals surface area contributed by atoms with Gasteiger partial charge < -0.3 is 29.6 Å². The Morgan fingerprint density at radius 2 is 1.91 bits per heavy atom. The van der Waals surface area contributed by atoms with Crippen LogP contribution in [0, 0.1) is 0 Å². The molecule has 4 aromatic rings. The normalized spacial score (nSPS) is 15.9. The molecule has 0 saturated carbocycles. The van der Waals surface area contributed by atoms with Crippen molar-refractivity contribution in [1.29, 1.82) is 0 Å². The maximum atomic E-state index is 10.6. The van der Waals surface area contributed by atoms with Crippen LogP contribution in [0.5, 0.6) is 28.7 Å². The fraction of sp³-hybridized carbons (Fsp3) is 0.160. The summed E-state index contributed by atoms with van der Waals surface area (Å²) in [5.74, 6) is 0.775. The molecule has 2 heterocycles. The molecule has 1 atom stereocenters. The second-order valence-electron chi connectivity index (χ2n) is 7.88. The molecule has 35 heavy (non-hydrogen) atoms. The van der Waals surface area contributed by atoms with Gasteiger partial charge in [0.1, 0.15) is 35.7 Å². The van der Waals surface area contributed by atoms with Crippen LogP contribution >= 0.6 is 0 Å². The van der Waals surface area contributed by atoms with E-state index < -0.39 is 6.10 Å². The number of benzene rings is 3. The van der Waals surface area contributed by atoms with Crippen LogP contribution in [-0.2, 0) is 6.61 Å². The Morgan fingerprint density at radius 3 is 2.66 bits per heavy atom. The van der Waals surface area contributed by atoms with Crippen LogP contribution in [0.1, 0.15) is 29.3 Å². The lowest BCUT2D eigenvalue weighted by Crippen LogP contribution is -2.21. The fourth-order valence-electron chi connectivity index (χ4n) is 3.93. The number of aromatic nitrogens is 3. The van der Waals surface area contributed by atoms with E-state index in [0.29, 0.717) is 22.8 Å². The third kappa shape index (κ3) is 4.41. The molecule has 0 radical (unpaired) electrons. The minimum absolute atomic E-state index is 0.0367. The topological polar surface area (TPSA) is 131 Å². The summed E-state index contributed by atoms with van der Waals surface area (Å²) in [6, 6.07) is 17.5. The zero-order chi connectivity index (χ0) is 24.4. The first-order valence-electron chi connectivity index (χ1n) is 10.8. The minimum Gasteiger partial charge on any atom is -0.507 e. The van der Waals surface area contributed by atoms with E-state index in [1.807, 2.05) is 30.3 Å². The Hall–Kier alpha value is -4.73. The van der Waals surface area contributed by atoms with Crippen molar-refractivity contribution >= 4 is 5.71 Å².